The van der Waals surface area contributed by atoms with Gasteiger partial charge in [0.2, 0.25) is 0 Å². The minimum absolute atomic E-state index is 0.237. The Kier molecular flexibility index (Phi) is 2.00. The van der Waals surface area contributed by atoms with Crippen LogP contribution >= 0.6 is 0 Å². The van der Waals surface area contributed by atoms with Crippen LogP contribution in [-0.4, -0.2) is 7.11 Å². The van der Waals surface area contributed by atoms with Crippen molar-refractivity contribution in [1.29, 1.82) is 0 Å². The van der Waals surface area contributed by atoms with E-state index in [1.165, 1.54) is 16.7 Å². The highest BCUT2D eigenvalue weighted by Gasteiger charge is 2.21. The summed E-state index contributed by atoms with van der Waals surface area (Å²) >= 11 is 0. The Labute approximate surface area is 78.7 Å². The molecule has 1 aromatic rings. The van der Waals surface area contributed by atoms with Crippen molar-refractivity contribution in [2.24, 2.45) is 5.73 Å². The fraction of sp³-hybridized carbons (Fsp3) is 0.455. The molecular formula is C11H15NO. The lowest BCUT2D eigenvalue weighted by atomic mass is 10.0. The summed E-state index contributed by atoms with van der Waals surface area (Å²) in [7, 11) is 1.70. The average Bonchev–Trinajstić information content (AvgIpc) is 2.48. The Morgan fingerprint density at radius 1 is 1.46 bits per heavy atom. The molecule has 1 atom stereocenters. The fourth-order valence-electron chi connectivity index (χ4n) is 2.15. The van der Waals surface area contributed by atoms with Gasteiger partial charge in [-0.3, -0.25) is 0 Å². The van der Waals surface area contributed by atoms with E-state index in [2.05, 4.69) is 19.1 Å². The highest BCUT2D eigenvalue weighted by Crippen LogP contribution is 2.34. The van der Waals surface area contributed by atoms with Crippen LogP contribution < -0.4 is 10.5 Å². The Morgan fingerprint density at radius 3 is 2.92 bits per heavy atom. The monoisotopic (exact) mass is 177 g/mol. The van der Waals surface area contributed by atoms with Crippen molar-refractivity contribution in [2.75, 3.05) is 7.11 Å². The Balaban J connectivity index is 2.53. The van der Waals surface area contributed by atoms with Gasteiger partial charge >= 0.3 is 0 Å². The summed E-state index contributed by atoms with van der Waals surface area (Å²) in [4.78, 5) is 0. The van der Waals surface area contributed by atoms with Crippen LogP contribution in [0, 0.1) is 6.92 Å². The average molecular weight is 177 g/mol. The minimum atomic E-state index is 0.237. The van der Waals surface area contributed by atoms with Gasteiger partial charge in [-0.15, -0.1) is 0 Å². The highest BCUT2D eigenvalue weighted by atomic mass is 16.5. The van der Waals surface area contributed by atoms with Gasteiger partial charge in [-0.1, -0.05) is 0 Å². The molecule has 2 rings (SSSR count). The maximum absolute atomic E-state index is 6.00. The maximum atomic E-state index is 6.00. The van der Waals surface area contributed by atoms with Crippen LogP contribution in [0.1, 0.15) is 29.2 Å². The van der Waals surface area contributed by atoms with Crippen LogP contribution in [0.25, 0.3) is 0 Å². The number of hydrogen-bond acceptors (Lipinski definition) is 2. The molecule has 1 aromatic carbocycles. The number of hydrogen-bond donors (Lipinski definition) is 1. The molecule has 0 radical (unpaired) electrons. The summed E-state index contributed by atoms with van der Waals surface area (Å²) in [5.74, 6) is 0.949. The van der Waals surface area contributed by atoms with Gasteiger partial charge in [0.25, 0.3) is 0 Å². The SMILES string of the molecule is COc1cc(C)c2c(c1)CC[C@H]2N. The van der Waals surface area contributed by atoms with Crippen LogP contribution in [0.4, 0.5) is 0 Å². The first kappa shape index (κ1) is 8.57. The topological polar surface area (TPSA) is 35.2 Å². The number of nitrogens with two attached hydrogens (primary N) is 1. The molecule has 70 valence electrons. The molecule has 2 nitrogen and oxygen atoms in total. The standard InChI is InChI=1S/C11H15NO/c1-7-5-9(13-2)6-8-3-4-10(12)11(7)8/h5-6,10H,3-4,12H2,1-2H3/t10-/m1/s1. The summed E-state index contributed by atoms with van der Waals surface area (Å²) in [6.45, 7) is 2.10. The van der Waals surface area contributed by atoms with Crippen molar-refractivity contribution in [1.82, 2.24) is 0 Å². The molecule has 0 bridgehead atoms. The third kappa shape index (κ3) is 1.31. The van der Waals surface area contributed by atoms with E-state index in [1.54, 1.807) is 7.11 Å². The summed E-state index contributed by atoms with van der Waals surface area (Å²) in [6, 6.07) is 4.40. The first-order valence-corrected chi connectivity index (χ1v) is 4.65. The molecule has 0 unspecified atom stereocenters. The Bertz CT molecular complexity index is 333. The second kappa shape index (κ2) is 3.04. The van der Waals surface area contributed by atoms with Crippen LogP contribution in [0.2, 0.25) is 0 Å². The maximum Gasteiger partial charge on any atom is 0.119 e. The summed E-state index contributed by atoms with van der Waals surface area (Å²) in [5.41, 5.74) is 9.96. The molecule has 1 aliphatic rings. The summed E-state index contributed by atoms with van der Waals surface area (Å²) in [5, 5.41) is 0. The predicted octanol–water partition coefficient (Wildman–Crippen LogP) is 1.95. The van der Waals surface area contributed by atoms with E-state index in [1.807, 2.05) is 0 Å². The van der Waals surface area contributed by atoms with Crippen molar-refractivity contribution in [3.8, 4) is 5.75 Å². The smallest absolute Gasteiger partial charge is 0.119 e. The van der Waals surface area contributed by atoms with E-state index in [-0.39, 0.29) is 6.04 Å². The van der Waals surface area contributed by atoms with E-state index in [0.29, 0.717) is 0 Å². The molecule has 0 spiro atoms. The number of aryl methyl sites for hydroxylation is 2. The normalized spacial score (nSPS) is 20.1. The quantitative estimate of drug-likeness (QED) is 0.711. The molecule has 0 aromatic heterocycles. The molecule has 0 aliphatic heterocycles. The Morgan fingerprint density at radius 2 is 2.23 bits per heavy atom. The molecule has 0 heterocycles. The second-order valence-corrected chi connectivity index (χ2v) is 3.66. The van der Waals surface area contributed by atoms with Gasteiger partial charge in [-0.05, 0) is 48.6 Å². The summed E-state index contributed by atoms with van der Waals surface area (Å²) in [6.07, 6.45) is 2.16. The molecule has 13 heavy (non-hydrogen) atoms. The van der Waals surface area contributed by atoms with Crippen molar-refractivity contribution < 1.29 is 4.74 Å². The van der Waals surface area contributed by atoms with E-state index < -0.39 is 0 Å². The predicted molar refractivity (Wildman–Crippen MR) is 53.0 cm³/mol. The zero-order chi connectivity index (χ0) is 9.42. The van der Waals surface area contributed by atoms with Gasteiger partial charge in [0, 0.05) is 6.04 Å². The molecule has 0 amide bonds. The lowest BCUT2D eigenvalue weighted by Gasteiger charge is -2.10. The van der Waals surface area contributed by atoms with Crippen molar-refractivity contribution in [2.45, 2.75) is 25.8 Å². The number of benzene rings is 1. The fourth-order valence-corrected chi connectivity index (χ4v) is 2.15. The molecule has 2 heteroatoms. The lowest BCUT2D eigenvalue weighted by Crippen LogP contribution is -2.07. The van der Waals surface area contributed by atoms with Crippen LogP contribution in [0.3, 0.4) is 0 Å². The number of fused-ring (bicyclic) bond motifs is 1. The Hall–Kier alpha value is -1.02. The van der Waals surface area contributed by atoms with E-state index in [0.717, 1.165) is 18.6 Å². The lowest BCUT2D eigenvalue weighted by molar-refractivity contribution is 0.414. The van der Waals surface area contributed by atoms with Crippen molar-refractivity contribution in [3.05, 3.63) is 28.8 Å². The molecule has 0 saturated heterocycles. The van der Waals surface area contributed by atoms with Gasteiger partial charge in [0.05, 0.1) is 7.11 Å². The first-order chi connectivity index (χ1) is 6.22. The van der Waals surface area contributed by atoms with Crippen LogP contribution in [0.5, 0.6) is 5.75 Å². The zero-order valence-corrected chi connectivity index (χ0v) is 8.13. The van der Waals surface area contributed by atoms with E-state index >= 15 is 0 Å². The van der Waals surface area contributed by atoms with Crippen molar-refractivity contribution >= 4 is 0 Å². The molecule has 0 saturated carbocycles. The largest absolute Gasteiger partial charge is 0.497 e. The number of ether oxygens (including phenoxy) is 1. The molecule has 0 fully saturated rings. The minimum Gasteiger partial charge on any atom is -0.497 e. The van der Waals surface area contributed by atoms with Crippen LogP contribution in [0.15, 0.2) is 12.1 Å². The van der Waals surface area contributed by atoms with Gasteiger partial charge in [0.1, 0.15) is 5.75 Å². The number of rotatable bonds is 1. The molecular weight excluding hydrogens is 162 g/mol. The summed E-state index contributed by atoms with van der Waals surface area (Å²) < 4.78 is 5.21. The van der Waals surface area contributed by atoms with Crippen LogP contribution in [-0.2, 0) is 6.42 Å². The number of methoxy groups -OCH3 is 1. The van der Waals surface area contributed by atoms with E-state index in [9.17, 15) is 0 Å². The molecule has 2 N–H and O–H groups in total. The molecule has 1 aliphatic carbocycles. The van der Waals surface area contributed by atoms with Gasteiger partial charge in [-0.2, -0.15) is 0 Å². The zero-order valence-electron chi connectivity index (χ0n) is 8.13. The van der Waals surface area contributed by atoms with Gasteiger partial charge in [-0.25, -0.2) is 0 Å². The van der Waals surface area contributed by atoms with Gasteiger partial charge in [0.15, 0.2) is 0 Å². The third-order valence-corrected chi connectivity index (χ3v) is 2.78. The first-order valence-electron chi connectivity index (χ1n) is 4.65. The third-order valence-electron chi connectivity index (χ3n) is 2.78. The van der Waals surface area contributed by atoms with E-state index in [4.69, 9.17) is 10.5 Å². The van der Waals surface area contributed by atoms with Crippen molar-refractivity contribution in [3.63, 3.8) is 0 Å². The van der Waals surface area contributed by atoms with Gasteiger partial charge < -0.3 is 10.5 Å². The highest BCUT2D eigenvalue weighted by molar-refractivity contribution is 5.45. The second-order valence-electron chi connectivity index (χ2n) is 3.66.